The highest BCUT2D eigenvalue weighted by Crippen LogP contribution is 2.14. The first kappa shape index (κ1) is 56.9. The molecular weight excluding hydrogens is 745 g/mol. The molecule has 0 heterocycles. The van der Waals surface area contributed by atoms with E-state index in [1.165, 1.54) is 96.3 Å². The van der Waals surface area contributed by atoms with Gasteiger partial charge in [0.2, 0.25) is 0 Å². The van der Waals surface area contributed by atoms with Crippen LogP contribution in [0.2, 0.25) is 0 Å². The van der Waals surface area contributed by atoms with Crippen LogP contribution in [-0.2, 0) is 28.6 Å². The minimum atomic E-state index is -0.794. The molecule has 0 aliphatic carbocycles. The molecule has 6 heteroatoms. The van der Waals surface area contributed by atoms with Gasteiger partial charge in [-0.3, -0.25) is 14.4 Å². The van der Waals surface area contributed by atoms with Gasteiger partial charge in [-0.05, 0) is 83.5 Å². The summed E-state index contributed by atoms with van der Waals surface area (Å²) in [5, 5.41) is 0. The first-order valence-corrected chi connectivity index (χ1v) is 24.9. The maximum absolute atomic E-state index is 12.7. The van der Waals surface area contributed by atoms with Crippen LogP contribution in [0.3, 0.4) is 0 Å². The van der Waals surface area contributed by atoms with Gasteiger partial charge < -0.3 is 14.2 Å². The summed E-state index contributed by atoms with van der Waals surface area (Å²) in [6.07, 6.45) is 60.3. The lowest BCUT2D eigenvalue weighted by Gasteiger charge is -2.18. The lowest BCUT2D eigenvalue weighted by atomic mass is 10.1. The molecule has 0 aromatic carbocycles. The maximum atomic E-state index is 12.7. The van der Waals surface area contributed by atoms with Crippen molar-refractivity contribution >= 4 is 17.9 Å². The second-order valence-corrected chi connectivity index (χ2v) is 16.3. The zero-order valence-electron chi connectivity index (χ0n) is 39.2. The average molecular weight is 837 g/mol. The first-order valence-electron chi connectivity index (χ1n) is 24.9. The quantitative estimate of drug-likeness (QED) is 0.0263. The summed E-state index contributed by atoms with van der Waals surface area (Å²) in [5.41, 5.74) is 0. The predicted molar refractivity (Wildman–Crippen MR) is 256 cm³/mol. The maximum Gasteiger partial charge on any atom is 0.306 e. The van der Waals surface area contributed by atoms with Crippen molar-refractivity contribution in [3.05, 3.63) is 72.9 Å². The van der Waals surface area contributed by atoms with Crippen molar-refractivity contribution in [1.29, 1.82) is 0 Å². The van der Waals surface area contributed by atoms with Gasteiger partial charge in [-0.15, -0.1) is 0 Å². The molecule has 344 valence electrons. The highest BCUT2D eigenvalue weighted by atomic mass is 16.6. The van der Waals surface area contributed by atoms with Crippen LogP contribution in [0.4, 0.5) is 0 Å². The Labute approximate surface area is 370 Å². The molecule has 0 bridgehead atoms. The van der Waals surface area contributed by atoms with E-state index in [9.17, 15) is 14.4 Å². The van der Waals surface area contributed by atoms with Crippen LogP contribution in [0.5, 0.6) is 0 Å². The normalized spacial score (nSPS) is 12.7. The number of ether oxygens (including phenoxy) is 3. The SMILES string of the molecule is CC/C=C\C/C=C\C/C=C\CCCCCCCCCCCC(=O)OCC(COC(=O)CCCCCCCCCCCCC)OC(=O)CCCC/C=C\C/C=C\C/C=C\CC. The van der Waals surface area contributed by atoms with Gasteiger partial charge in [-0.25, -0.2) is 0 Å². The van der Waals surface area contributed by atoms with Gasteiger partial charge in [0.1, 0.15) is 13.2 Å². The summed E-state index contributed by atoms with van der Waals surface area (Å²) >= 11 is 0. The number of rotatable bonds is 44. The molecule has 0 spiro atoms. The van der Waals surface area contributed by atoms with Gasteiger partial charge in [0.15, 0.2) is 6.10 Å². The van der Waals surface area contributed by atoms with Crippen molar-refractivity contribution < 1.29 is 28.6 Å². The average Bonchev–Trinajstić information content (AvgIpc) is 3.24. The van der Waals surface area contributed by atoms with E-state index < -0.39 is 6.10 Å². The molecule has 1 atom stereocenters. The second kappa shape index (κ2) is 48.5. The molecule has 0 rings (SSSR count). The second-order valence-electron chi connectivity index (χ2n) is 16.3. The summed E-state index contributed by atoms with van der Waals surface area (Å²) in [6, 6.07) is 0. The Hall–Kier alpha value is -3.15. The molecule has 0 saturated heterocycles. The number of allylic oxidation sites excluding steroid dienone is 12. The van der Waals surface area contributed by atoms with Gasteiger partial charge in [0.05, 0.1) is 0 Å². The van der Waals surface area contributed by atoms with Gasteiger partial charge in [0.25, 0.3) is 0 Å². The van der Waals surface area contributed by atoms with Crippen LogP contribution in [0.15, 0.2) is 72.9 Å². The van der Waals surface area contributed by atoms with E-state index in [1.54, 1.807) is 0 Å². The molecule has 60 heavy (non-hydrogen) atoms. The molecule has 0 radical (unpaired) electrons. The standard InChI is InChI=1S/C54H92O6/c1-4-7-10-13-16-19-22-24-25-26-27-28-29-30-33-35-38-41-44-47-53(56)59-50-51(49-58-52(55)46-43-40-37-34-31-21-18-15-12-9-6-3)60-54(57)48-45-42-39-36-32-23-20-17-14-11-8-5-2/h7-8,10-11,16-17,19-20,24-25,32,36,51H,4-6,9,12-15,18,21-23,26-31,33-35,37-50H2,1-3H3/b10-7-,11-8-,19-16-,20-17-,25-24-,36-32-. The van der Waals surface area contributed by atoms with Gasteiger partial charge in [-0.1, -0.05) is 203 Å². The van der Waals surface area contributed by atoms with Crippen LogP contribution < -0.4 is 0 Å². The van der Waals surface area contributed by atoms with E-state index >= 15 is 0 Å². The third kappa shape index (κ3) is 45.9. The number of hydrogen-bond acceptors (Lipinski definition) is 6. The van der Waals surface area contributed by atoms with Crippen molar-refractivity contribution in [2.24, 2.45) is 0 Å². The number of unbranched alkanes of at least 4 members (excludes halogenated alkanes) is 21. The Morgan fingerprint density at radius 3 is 1.05 bits per heavy atom. The summed E-state index contributed by atoms with van der Waals surface area (Å²) in [5.74, 6) is -0.938. The Kier molecular flexibility index (Phi) is 46.0. The predicted octanol–water partition coefficient (Wildman–Crippen LogP) is 16.3. The summed E-state index contributed by atoms with van der Waals surface area (Å²) < 4.78 is 16.7. The Balaban J connectivity index is 4.36. The molecule has 0 aromatic heterocycles. The van der Waals surface area contributed by atoms with Crippen molar-refractivity contribution in [2.45, 2.75) is 239 Å². The number of carbonyl (C=O) groups excluding carboxylic acids is 3. The zero-order valence-corrected chi connectivity index (χ0v) is 39.2. The third-order valence-electron chi connectivity index (χ3n) is 10.5. The lowest BCUT2D eigenvalue weighted by Crippen LogP contribution is -2.30. The molecule has 6 nitrogen and oxygen atoms in total. The van der Waals surface area contributed by atoms with Gasteiger partial charge >= 0.3 is 17.9 Å². The fourth-order valence-corrected chi connectivity index (χ4v) is 6.76. The minimum absolute atomic E-state index is 0.0912. The van der Waals surface area contributed by atoms with Crippen molar-refractivity contribution in [3.8, 4) is 0 Å². The first-order chi connectivity index (χ1) is 29.5. The van der Waals surface area contributed by atoms with Crippen LogP contribution in [0, 0.1) is 0 Å². The molecule has 0 saturated carbocycles. The van der Waals surface area contributed by atoms with E-state index in [0.717, 1.165) is 89.9 Å². The Morgan fingerprint density at radius 2 is 0.650 bits per heavy atom. The molecule has 0 aromatic rings. The monoisotopic (exact) mass is 837 g/mol. The van der Waals surface area contributed by atoms with Crippen molar-refractivity contribution in [3.63, 3.8) is 0 Å². The van der Waals surface area contributed by atoms with E-state index in [-0.39, 0.29) is 37.5 Å². The van der Waals surface area contributed by atoms with Crippen LogP contribution in [-0.4, -0.2) is 37.2 Å². The Morgan fingerprint density at radius 1 is 0.350 bits per heavy atom. The van der Waals surface area contributed by atoms with Crippen molar-refractivity contribution in [2.75, 3.05) is 13.2 Å². The minimum Gasteiger partial charge on any atom is -0.462 e. The molecule has 0 aliphatic heterocycles. The van der Waals surface area contributed by atoms with Crippen LogP contribution >= 0.6 is 0 Å². The fourth-order valence-electron chi connectivity index (χ4n) is 6.76. The van der Waals surface area contributed by atoms with E-state index in [0.29, 0.717) is 19.3 Å². The largest absolute Gasteiger partial charge is 0.462 e. The number of carbonyl (C=O) groups is 3. The van der Waals surface area contributed by atoms with E-state index in [1.807, 2.05) is 0 Å². The number of hydrogen-bond donors (Lipinski definition) is 0. The summed E-state index contributed by atoms with van der Waals surface area (Å²) in [4.78, 5) is 37.8. The summed E-state index contributed by atoms with van der Waals surface area (Å²) in [6.45, 7) is 6.36. The third-order valence-corrected chi connectivity index (χ3v) is 10.5. The fraction of sp³-hybridized carbons (Fsp3) is 0.722. The van der Waals surface area contributed by atoms with E-state index in [2.05, 4.69) is 93.7 Å². The van der Waals surface area contributed by atoms with Gasteiger partial charge in [-0.2, -0.15) is 0 Å². The highest BCUT2D eigenvalue weighted by Gasteiger charge is 2.19. The number of esters is 3. The molecular formula is C54H92O6. The van der Waals surface area contributed by atoms with Gasteiger partial charge in [0, 0.05) is 19.3 Å². The molecule has 0 aliphatic rings. The topological polar surface area (TPSA) is 78.9 Å². The highest BCUT2D eigenvalue weighted by molar-refractivity contribution is 5.71. The zero-order chi connectivity index (χ0) is 43.7. The molecule has 1 unspecified atom stereocenters. The lowest BCUT2D eigenvalue weighted by molar-refractivity contribution is -0.167. The van der Waals surface area contributed by atoms with E-state index in [4.69, 9.17) is 14.2 Å². The molecule has 0 fully saturated rings. The molecule has 0 amide bonds. The van der Waals surface area contributed by atoms with Crippen LogP contribution in [0.25, 0.3) is 0 Å². The Bertz CT molecular complexity index is 1140. The molecule has 0 N–H and O–H groups in total. The van der Waals surface area contributed by atoms with Crippen molar-refractivity contribution in [1.82, 2.24) is 0 Å². The smallest absolute Gasteiger partial charge is 0.306 e. The van der Waals surface area contributed by atoms with Crippen LogP contribution in [0.1, 0.15) is 233 Å². The summed E-state index contributed by atoms with van der Waals surface area (Å²) in [7, 11) is 0.